The molecule has 1 fully saturated rings. The minimum Gasteiger partial charge on any atom is -0.451 e. The molecule has 0 unspecified atom stereocenters. The molecule has 2 heterocycles. The van der Waals surface area contributed by atoms with E-state index in [4.69, 9.17) is 16.0 Å². The Bertz CT molecular complexity index is 1420. The van der Waals surface area contributed by atoms with Gasteiger partial charge in [-0.15, -0.1) is 0 Å². The van der Waals surface area contributed by atoms with Crippen LogP contribution in [0.5, 0.6) is 0 Å². The van der Waals surface area contributed by atoms with Gasteiger partial charge in [0, 0.05) is 17.0 Å². The highest BCUT2D eigenvalue weighted by molar-refractivity contribution is 7.89. The minimum absolute atomic E-state index is 0.00517. The first-order valence-corrected chi connectivity index (χ1v) is 14.2. The van der Waals surface area contributed by atoms with E-state index in [0.717, 1.165) is 9.69 Å². The van der Waals surface area contributed by atoms with Crippen LogP contribution in [-0.2, 0) is 19.6 Å². The van der Waals surface area contributed by atoms with Crippen LogP contribution in [0, 0.1) is 5.92 Å². The second-order valence-electron chi connectivity index (χ2n) is 9.77. The molecule has 2 amide bonds. The first-order valence-electron chi connectivity index (χ1n) is 12.4. The van der Waals surface area contributed by atoms with Crippen molar-refractivity contribution < 1.29 is 27.2 Å². The lowest BCUT2D eigenvalue weighted by Gasteiger charge is -2.23. The van der Waals surface area contributed by atoms with E-state index in [1.807, 2.05) is 26.0 Å². The van der Waals surface area contributed by atoms with Crippen molar-refractivity contribution in [3.63, 3.8) is 0 Å². The Labute approximate surface area is 226 Å². The molecule has 202 valence electrons. The molecule has 1 saturated heterocycles. The van der Waals surface area contributed by atoms with Crippen LogP contribution in [0.4, 0.5) is 0 Å². The number of nitrogens with one attached hydrogen (secondary N) is 2. The van der Waals surface area contributed by atoms with Gasteiger partial charge in [0.25, 0.3) is 5.91 Å². The second-order valence-corrected chi connectivity index (χ2v) is 12.1. The fourth-order valence-corrected chi connectivity index (χ4v) is 6.17. The van der Waals surface area contributed by atoms with E-state index in [2.05, 4.69) is 10.6 Å². The van der Waals surface area contributed by atoms with E-state index < -0.39 is 39.7 Å². The Kier molecular flexibility index (Phi) is 8.54. The quantitative estimate of drug-likeness (QED) is 0.433. The predicted octanol–water partition coefficient (Wildman–Crippen LogP) is 3.77. The molecule has 0 bridgehead atoms. The lowest BCUT2D eigenvalue weighted by Crippen LogP contribution is -2.52. The Hall–Kier alpha value is -3.21. The van der Waals surface area contributed by atoms with Gasteiger partial charge >= 0.3 is 0 Å². The van der Waals surface area contributed by atoms with Crippen molar-refractivity contribution in [3.05, 3.63) is 65.4 Å². The van der Waals surface area contributed by atoms with Crippen LogP contribution >= 0.6 is 11.6 Å². The van der Waals surface area contributed by atoms with Gasteiger partial charge in [0.2, 0.25) is 15.9 Å². The molecule has 38 heavy (non-hydrogen) atoms. The summed E-state index contributed by atoms with van der Waals surface area (Å²) in [6, 6.07) is 12.9. The Morgan fingerprint density at radius 2 is 1.89 bits per heavy atom. The summed E-state index contributed by atoms with van der Waals surface area (Å²) in [4.78, 5) is 39.2. The number of Topliss-reactive ketones (excluding diaryl/α,β-unsaturated/α-hetero) is 1. The maximum atomic E-state index is 13.2. The van der Waals surface area contributed by atoms with Gasteiger partial charge in [-0.3, -0.25) is 14.4 Å². The standard InChI is InChI=1S/C27H30ClN3O6S/c1-17(2)13-22(30-27(34)25-14-18-7-3-4-11-24(18)37-25)26(33)29-21-10-6-12-31(16-23(21)32)38(35,36)20-9-5-8-19(28)15-20/h3-5,7-9,11,14-15,17,21-22H,6,10,12-13,16H2,1-2H3,(H,29,33)(H,30,34)/t21-,22-/m0/s1. The van der Waals surface area contributed by atoms with Crippen molar-refractivity contribution in [2.24, 2.45) is 5.92 Å². The molecule has 4 rings (SSSR count). The monoisotopic (exact) mass is 559 g/mol. The summed E-state index contributed by atoms with van der Waals surface area (Å²) in [7, 11) is -3.93. The van der Waals surface area contributed by atoms with E-state index in [1.54, 1.807) is 24.3 Å². The number of benzene rings is 2. The smallest absolute Gasteiger partial charge is 0.287 e. The molecule has 2 N–H and O–H groups in total. The maximum absolute atomic E-state index is 13.2. The van der Waals surface area contributed by atoms with Crippen LogP contribution in [0.1, 0.15) is 43.7 Å². The van der Waals surface area contributed by atoms with Gasteiger partial charge in [-0.25, -0.2) is 8.42 Å². The molecular weight excluding hydrogens is 530 g/mol. The van der Waals surface area contributed by atoms with E-state index in [0.29, 0.717) is 18.4 Å². The molecule has 1 aliphatic rings. The third-order valence-electron chi connectivity index (χ3n) is 6.35. The Balaban J connectivity index is 1.44. The Morgan fingerprint density at radius 1 is 1.13 bits per heavy atom. The summed E-state index contributed by atoms with van der Waals surface area (Å²) in [6.45, 7) is 3.59. The average Bonchev–Trinajstić information content (AvgIpc) is 3.22. The fraction of sp³-hybridized carbons (Fsp3) is 0.370. The van der Waals surface area contributed by atoms with Crippen molar-refractivity contribution in [2.45, 2.75) is 50.1 Å². The highest BCUT2D eigenvalue weighted by atomic mass is 35.5. The van der Waals surface area contributed by atoms with E-state index in [1.165, 1.54) is 18.2 Å². The van der Waals surface area contributed by atoms with Gasteiger partial charge in [-0.1, -0.05) is 49.7 Å². The number of sulfonamides is 1. The molecule has 0 saturated carbocycles. The number of furan rings is 1. The van der Waals surface area contributed by atoms with E-state index in [9.17, 15) is 22.8 Å². The number of hydrogen-bond acceptors (Lipinski definition) is 6. The topological polar surface area (TPSA) is 126 Å². The third kappa shape index (κ3) is 6.43. The summed E-state index contributed by atoms with van der Waals surface area (Å²) in [5.74, 6) is -1.31. The lowest BCUT2D eigenvalue weighted by molar-refractivity contribution is -0.129. The number of halogens is 1. The summed E-state index contributed by atoms with van der Waals surface area (Å²) < 4.78 is 32.9. The number of carbonyl (C=O) groups is 3. The van der Waals surface area contributed by atoms with Crippen molar-refractivity contribution in [2.75, 3.05) is 13.1 Å². The predicted molar refractivity (Wildman–Crippen MR) is 143 cm³/mol. The minimum atomic E-state index is -3.93. The van der Waals surface area contributed by atoms with Crippen LogP contribution in [-0.4, -0.2) is 55.5 Å². The largest absolute Gasteiger partial charge is 0.451 e. The average molecular weight is 560 g/mol. The summed E-state index contributed by atoms with van der Waals surface area (Å²) in [6.07, 6.45) is 0.989. The SMILES string of the molecule is CC(C)C[C@H](NC(=O)c1cc2ccccc2o1)C(=O)N[C@H]1CCCN(S(=O)(=O)c2cccc(Cl)c2)CC1=O. The van der Waals surface area contributed by atoms with E-state index in [-0.39, 0.29) is 41.1 Å². The normalized spacial score (nSPS) is 17.8. The summed E-state index contributed by atoms with van der Waals surface area (Å²) >= 11 is 5.96. The fourth-order valence-electron chi connectivity index (χ4n) is 4.43. The molecule has 2 aromatic carbocycles. The zero-order chi connectivity index (χ0) is 27.4. The number of fused-ring (bicyclic) bond motifs is 1. The zero-order valence-corrected chi connectivity index (χ0v) is 22.7. The van der Waals surface area contributed by atoms with Gasteiger partial charge < -0.3 is 15.1 Å². The molecule has 9 nitrogen and oxygen atoms in total. The molecule has 3 aromatic rings. The molecule has 0 radical (unpaired) electrons. The highest BCUT2D eigenvalue weighted by Gasteiger charge is 2.34. The van der Waals surface area contributed by atoms with Crippen LogP contribution < -0.4 is 10.6 Å². The number of carbonyl (C=O) groups excluding carboxylic acids is 3. The van der Waals surface area contributed by atoms with Crippen LogP contribution in [0.2, 0.25) is 5.02 Å². The van der Waals surface area contributed by atoms with Crippen molar-refractivity contribution in [3.8, 4) is 0 Å². The molecule has 0 spiro atoms. The van der Waals surface area contributed by atoms with Crippen molar-refractivity contribution >= 4 is 50.2 Å². The van der Waals surface area contributed by atoms with Crippen molar-refractivity contribution in [1.82, 2.24) is 14.9 Å². The number of rotatable bonds is 8. The molecule has 2 atom stereocenters. The summed E-state index contributed by atoms with van der Waals surface area (Å²) in [5.41, 5.74) is 0.559. The first-order chi connectivity index (χ1) is 18.0. The maximum Gasteiger partial charge on any atom is 0.287 e. The van der Waals surface area contributed by atoms with Gasteiger partial charge in [0.15, 0.2) is 11.5 Å². The summed E-state index contributed by atoms with van der Waals surface area (Å²) in [5, 5.41) is 6.52. The molecule has 11 heteroatoms. The number of nitrogens with zero attached hydrogens (tertiary/aromatic N) is 1. The zero-order valence-electron chi connectivity index (χ0n) is 21.1. The van der Waals surface area contributed by atoms with Crippen LogP contribution in [0.25, 0.3) is 11.0 Å². The first kappa shape index (κ1) is 27.8. The van der Waals surface area contributed by atoms with Gasteiger partial charge in [0.1, 0.15) is 11.6 Å². The number of ketones is 1. The van der Waals surface area contributed by atoms with Crippen LogP contribution in [0.3, 0.4) is 0 Å². The van der Waals surface area contributed by atoms with Gasteiger partial charge in [0.05, 0.1) is 17.5 Å². The lowest BCUT2D eigenvalue weighted by atomic mass is 10.0. The van der Waals surface area contributed by atoms with Gasteiger partial charge in [-0.2, -0.15) is 4.31 Å². The Morgan fingerprint density at radius 3 is 2.61 bits per heavy atom. The highest BCUT2D eigenvalue weighted by Crippen LogP contribution is 2.23. The molecule has 1 aromatic heterocycles. The molecule has 0 aliphatic carbocycles. The third-order valence-corrected chi connectivity index (χ3v) is 8.43. The second kappa shape index (κ2) is 11.7. The van der Waals surface area contributed by atoms with Gasteiger partial charge in [-0.05, 0) is 55.5 Å². The molecule has 1 aliphatic heterocycles. The number of para-hydroxylation sites is 1. The van der Waals surface area contributed by atoms with E-state index >= 15 is 0 Å². The number of hydrogen-bond donors (Lipinski definition) is 2. The van der Waals surface area contributed by atoms with Crippen LogP contribution in [0.15, 0.2) is 63.9 Å². The number of amides is 2. The van der Waals surface area contributed by atoms with Crippen molar-refractivity contribution in [1.29, 1.82) is 0 Å². The molecular formula is C27H30ClN3O6S.